The van der Waals surface area contributed by atoms with E-state index in [4.69, 9.17) is 0 Å². The quantitative estimate of drug-likeness (QED) is 0.580. The van der Waals surface area contributed by atoms with Crippen molar-refractivity contribution in [3.05, 3.63) is 74.8 Å². The zero-order valence-electron chi connectivity index (χ0n) is 13.3. The molecule has 0 atom stereocenters. The number of anilines is 1. The lowest BCUT2D eigenvalue weighted by Crippen LogP contribution is -2.30. The molecule has 0 aliphatic carbocycles. The summed E-state index contributed by atoms with van der Waals surface area (Å²) >= 11 is 0. The SMILES string of the molecule is Cc1nc2ccccc2c(=O)n1CC(=O)Nc1ccc([N+](=O)[O-])cc1. The van der Waals surface area contributed by atoms with E-state index in [0.717, 1.165) is 0 Å². The molecule has 1 aromatic heterocycles. The molecule has 3 aromatic rings. The number of para-hydroxylation sites is 1. The van der Waals surface area contributed by atoms with Crippen molar-refractivity contribution in [1.29, 1.82) is 0 Å². The Morgan fingerprint density at radius 2 is 1.88 bits per heavy atom. The Morgan fingerprint density at radius 1 is 1.20 bits per heavy atom. The maximum atomic E-state index is 12.5. The Bertz CT molecular complexity index is 1020. The molecule has 0 unspecified atom stereocenters. The molecular formula is C17H14N4O4. The molecule has 1 amide bonds. The third-order valence-electron chi connectivity index (χ3n) is 3.72. The molecule has 1 N–H and O–H groups in total. The van der Waals surface area contributed by atoms with E-state index in [1.54, 1.807) is 31.2 Å². The van der Waals surface area contributed by atoms with Crippen molar-refractivity contribution in [3.8, 4) is 0 Å². The first-order chi connectivity index (χ1) is 12.0. The number of aromatic nitrogens is 2. The van der Waals surface area contributed by atoms with E-state index in [1.807, 2.05) is 0 Å². The lowest BCUT2D eigenvalue weighted by Gasteiger charge is -2.11. The second-order valence-corrected chi connectivity index (χ2v) is 5.42. The summed E-state index contributed by atoms with van der Waals surface area (Å²) in [6.45, 7) is 1.46. The number of nitrogens with one attached hydrogen (secondary N) is 1. The van der Waals surface area contributed by atoms with Crippen LogP contribution in [0, 0.1) is 17.0 Å². The van der Waals surface area contributed by atoms with Gasteiger partial charge in [0.25, 0.3) is 11.2 Å². The van der Waals surface area contributed by atoms with E-state index in [0.29, 0.717) is 22.4 Å². The molecular weight excluding hydrogens is 324 g/mol. The fourth-order valence-corrected chi connectivity index (χ4v) is 2.48. The summed E-state index contributed by atoms with van der Waals surface area (Å²) < 4.78 is 1.29. The summed E-state index contributed by atoms with van der Waals surface area (Å²) in [5.74, 6) is 0.0127. The Kier molecular flexibility index (Phi) is 4.25. The third-order valence-corrected chi connectivity index (χ3v) is 3.72. The van der Waals surface area contributed by atoms with E-state index in [2.05, 4.69) is 10.3 Å². The number of carbonyl (C=O) groups excluding carboxylic acids is 1. The van der Waals surface area contributed by atoms with E-state index >= 15 is 0 Å². The summed E-state index contributed by atoms with van der Waals surface area (Å²) in [6.07, 6.45) is 0. The van der Waals surface area contributed by atoms with Gasteiger partial charge in [-0.15, -0.1) is 0 Å². The maximum Gasteiger partial charge on any atom is 0.269 e. The van der Waals surface area contributed by atoms with Gasteiger partial charge in [-0.05, 0) is 31.2 Å². The summed E-state index contributed by atoms with van der Waals surface area (Å²) in [7, 11) is 0. The van der Waals surface area contributed by atoms with Gasteiger partial charge in [-0.25, -0.2) is 4.98 Å². The van der Waals surface area contributed by atoms with Gasteiger partial charge in [0.05, 0.1) is 15.8 Å². The van der Waals surface area contributed by atoms with Crippen LogP contribution in [0.15, 0.2) is 53.3 Å². The van der Waals surface area contributed by atoms with Crippen LogP contribution in [0.1, 0.15) is 5.82 Å². The Morgan fingerprint density at radius 3 is 2.56 bits per heavy atom. The molecule has 126 valence electrons. The molecule has 3 rings (SSSR count). The lowest BCUT2D eigenvalue weighted by molar-refractivity contribution is -0.384. The summed E-state index contributed by atoms with van der Waals surface area (Å²) in [5.41, 5.74) is 0.637. The molecule has 0 saturated heterocycles. The standard InChI is InChI=1S/C17H14N4O4/c1-11-18-15-5-3-2-4-14(15)17(23)20(11)10-16(22)19-12-6-8-13(9-7-12)21(24)25/h2-9H,10H2,1H3,(H,19,22). The van der Waals surface area contributed by atoms with Crippen molar-refractivity contribution in [2.75, 3.05) is 5.32 Å². The number of amides is 1. The highest BCUT2D eigenvalue weighted by Gasteiger charge is 2.12. The predicted molar refractivity (Wildman–Crippen MR) is 92.5 cm³/mol. The van der Waals surface area contributed by atoms with Gasteiger partial charge < -0.3 is 5.32 Å². The first-order valence-electron chi connectivity index (χ1n) is 7.46. The van der Waals surface area contributed by atoms with Crippen molar-refractivity contribution in [2.24, 2.45) is 0 Å². The second kappa shape index (κ2) is 6.52. The monoisotopic (exact) mass is 338 g/mol. The number of aryl methyl sites for hydroxylation is 1. The number of nitrogens with zero attached hydrogens (tertiary/aromatic N) is 3. The number of nitro benzene ring substituents is 1. The normalized spacial score (nSPS) is 10.6. The van der Waals surface area contributed by atoms with Crippen molar-refractivity contribution in [1.82, 2.24) is 9.55 Å². The molecule has 0 fully saturated rings. The highest BCUT2D eigenvalue weighted by Crippen LogP contribution is 2.15. The van der Waals surface area contributed by atoms with Crippen LogP contribution in [-0.2, 0) is 11.3 Å². The minimum atomic E-state index is -0.519. The first-order valence-corrected chi connectivity index (χ1v) is 7.46. The highest BCUT2D eigenvalue weighted by atomic mass is 16.6. The number of benzene rings is 2. The first kappa shape index (κ1) is 16.3. The molecule has 1 heterocycles. The largest absolute Gasteiger partial charge is 0.325 e. The van der Waals surface area contributed by atoms with Crippen LogP contribution in [0.25, 0.3) is 10.9 Å². The topological polar surface area (TPSA) is 107 Å². The van der Waals surface area contributed by atoms with Crippen molar-refractivity contribution in [2.45, 2.75) is 13.5 Å². The number of hydrogen-bond donors (Lipinski definition) is 1. The molecule has 0 aliphatic heterocycles. The van der Waals surface area contributed by atoms with Gasteiger partial charge >= 0.3 is 0 Å². The summed E-state index contributed by atoms with van der Waals surface area (Å²) in [5, 5.41) is 13.7. The number of non-ortho nitro benzene ring substituents is 1. The molecule has 0 bridgehead atoms. The van der Waals surface area contributed by atoms with Gasteiger partial charge in [0.15, 0.2) is 0 Å². The van der Waals surface area contributed by atoms with Gasteiger partial charge in [0, 0.05) is 17.8 Å². The van der Waals surface area contributed by atoms with E-state index < -0.39 is 10.8 Å². The Balaban J connectivity index is 1.82. The summed E-state index contributed by atoms with van der Waals surface area (Å²) in [6, 6.07) is 12.4. The van der Waals surface area contributed by atoms with E-state index in [1.165, 1.54) is 28.8 Å². The Labute approximate surface area is 141 Å². The van der Waals surface area contributed by atoms with Crippen molar-refractivity contribution < 1.29 is 9.72 Å². The van der Waals surface area contributed by atoms with Crippen LogP contribution in [0.4, 0.5) is 11.4 Å². The van der Waals surface area contributed by atoms with Gasteiger partial charge in [-0.3, -0.25) is 24.3 Å². The van der Waals surface area contributed by atoms with Crippen LogP contribution < -0.4 is 10.9 Å². The van der Waals surface area contributed by atoms with E-state index in [9.17, 15) is 19.7 Å². The second-order valence-electron chi connectivity index (χ2n) is 5.42. The van der Waals surface area contributed by atoms with Gasteiger partial charge in [-0.1, -0.05) is 12.1 Å². The van der Waals surface area contributed by atoms with E-state index in [-0.39, 0.29) is 17.8 Å². The van der Waals surface area contributed by atoms with Crippen LogP contribution in [0.5, 0.6) is 0 Å². The molecule has 8 nitrogen and oxygen atoms in total. The lowest BCUT2D eigenvalue weighted by atomic mass is 10.2. The average molecular weight is 338 g/mol. The number of fused-ring (bicyclic) bond motifs is 1. The van der Waals surface area contributed by atoms with Gasteiger partial charge in [0.2, 0.25) is 5.91 Å². The fraction of sp³-hybridized carbons (Fsp3) is 0.118. The minimum Gasteiger partial charge on any atom is -0.325 e. The average Bonchev–Trinajstić information content (AvgIpc) is 2.59. The number of nitro groups is 1. The molecule has 8 heteroatoms. The number of hydrogen-bond acceptors (Lipinski definition) is 5. The zero-order chi connectivity index (χ0) is 18.0. The van der Waals surface area contributed by atoms with Crippen LogP contribution >= 0.6 is 0 Å². The van der Waals surface area contributed by atoms with Crippen LogP contribution in [-0.4, -0.2) is 20.4 Å². The predicted octanol–water partition coefficient (Wildman–Crippen LogP) is 2.25. The van der Waals surface area contributed by atoms with Crippen LogP contribution in [0.3, 0.4) is 0 Å². The molecule has 0 saturated carbocycles. The summed E-state index contributed by atoms with van der Waals surface area (Å²) in [4.78, 5) is 39.2. The number of carbonyl (C=O) groups is 1. The molecule has 0 aliphatic rings. The molecule has 2 aromatic carbocycles. The molecule has 0 radical (unpaired) electrons. The van der Waals surface area contributed by atoms with Crippen LogP contribution in [0.2, 0.25) is 0 Å². The minimum absolute atomic E-state index is 0.0659. The Hall–Kier alpha value is -3.55. The highest BCUT2D eigenvalue weighted by molar-refractivity contribution is 5.91. The van der Waals surface area contributed by atoms with Crippen molar-refractivity contribution >= 4 is 28.2 Å². The fourth-order valence-electron chi connectivity index (χ4n) is 2.48. The van der Waals surface area contributed by atoms with Crippen molar-refractivity contribution in [3.63, 3.8) is 0 Å². The molecule has 0 spiro atoms. The van der Waals surface area contributed by atoms with Gasteiger partial charge in [-0.2, -0.15) is 0 Å². The van der Waals surface area contributed by atoms with Gasteiger partial charge in [0.1, 0.15) is 12.4 Å². The third kappa shape index (κ3) is 3.37. The molecule has 25 heavy (non-hydrogen) atoms. The maximum absolute atomic E-state index is 12.5. The number of rotatable bonds is 4. The zero-order valence-corrected chi connectivity index (χ0v) is 13.3. The smallest absolute Gasteiger partial charge is 0.269 e.